The van der Waals surface area contributed by atoms with Gasteiger partial charge < -0.3 is 20.4 Å². The molecule has 4 fully saturated rings. The Hall–Kier alpha value is -0.650. The summed E-state index contributed by atoms with van der Waals surface area (Å²) in [6, 6.07) is 0. The summed E-state index contributed by atoms with van der Waals surface area (Å²) in [5.74, 6) is 0.997. The van der Waals surface area contributed by atoms with E-state index in [4.69, 9.17) is 5.11 Å². The molecule has 4 saturated carbocycles. The third kappa shape index (κ3) is 3.27. The lowest BCUT2D eigenvalue weighted by atomic mass is 9.43. The number of carbonyl (C=O) groups is 1. The highest BCUT2D eigenvalue weighted by Gasteiger charge is 2.65. The Morgan fingerprint density at radius 1 is 1.03 bits per heavy atom. The van der Waals surface area contributed by atoms with Crippen LogP contribution in [0, 0.1) is 46.3 Å². The van der Waals surface area contributed by atoms with Crippen LogP contribution in [0.25, 0.3) is 0 Å². The standard InChI is InChI=1S/C24H40O5/c1-13(4-7-21(28)29)16-5-6-17-22-18(12-20(27)24(16,17)3)23(2)9-8-15(25)10-14(23)11-19(22)26/h13-20,22,25-27H,4-12H2,1-3H3,(H,28,29)/t13-,14+,15-,16+,17-,18+,19-,20+,22-,23-,24-/m1/s1. The maximum atomic E-state index is 11.5. The lowest BCUT2D eigenvalue weighted by Crippen LogP contribution is -2.62. The summed E-state index contributed by atoms with van der Waals surface area (Å²) in [6.07, 6.45) is 6.00. The minimum Gasteiger partial charge on any atom is -0.481 e. The van der Waals surface area contributed by atoms with Crippen molar-refractivity contribution in [1.82, 2.24) is 0 Å². The molecule has 4 aliphatic carbocycles. The van der Waals surface area contributed by atoms with Crippen molar-refractivity contribution in [3.05, 3.63) is 0 Å². The van der Waals surface area contributed by atoms with E-state index in [2.05, 4.69) is 20.8 Å². The van der Waals surface area contributed by atoms with Crippen molar-refractivity contribution in [3.63, 3.8) is 0 Å². The second kappa shape index (κ2) is 7.49. The highest BCUT2D eigenvalue weighted by Crippen LogP contribution is 2.68. The number of aliphatic carboxylic acids is 1. The molecule has 0 aromatic heterocycles. The number of aliphatic hydroxyl groups excluding tert-OH is 3. The number of carboxylic acid groups (broad SMARTS) is 1. The normalized spacial score (nSPS) is 52.9. The number of hydrogen-bond acceptors (Lipinski definition) is 4. The third-order valence-electron chi connectivity index (χ3n) is 10.3. The van der Waals surface area contributed by atoms with Crippen LogP contribution in [0.1, 0.15) is 78.6 Å². The topological polar surface area (TPSA) is 98.0 Å². The van der Waals surface area contributed by atoms with Crippen LogP contribution in [0.3, 0.4) is 0 Å². The maximum Gasteiger partial charge on any atom is 0.303 e. The zero-order valence-electron chi connectivity index (χ0n) is 18.3. The van der Waals surface area contributed by atoms with Gasteiger partial charge in [0.2, 0.25) is 0 Å². The molecule has 0 amide bonds. The summed E-state index contributed by atoms with van der Waals surface area (Å²) < 4.78 is 0. The molecule has 0 heterocycles. The van der Waals surface area contributed by atoms with Gasteiger partial charge in [0, 0.05) is 6.42 Å². The minimum absolute atomic E-state index is 0.0957. The van der Waals surface area contributed by atoms with Crippen LogP contribution in [0.15, 0.2) is 0 Å². The van der Waals surface area contributed by atoms with E-state index in [9.17, 15) is 20.1 Å². The van der Waals surface area contributed by atoms with Crippen molar-refractivity contribution in [2.45, 2.75) is 96.9 Å². The van der Waals surface area contributed by atoms with Crippen LogP contribution in [0.2, 0.25) is 0 Å². The molecular weight excluding hydrogens is 368 g/mol. The molecule has 4 aliphatic rings. The summed E-state index contributed by atoms with van der Waals surface area (Å²) >= 11 is 0. The fourth-order valence-electron chi connectivity index (χ4n) is 8.68. The number of fused-ring (bicyclic) bond motifs is 5. The molecule has 0 aliphatic heterocycles. The Balaban J connectivity index is 1.61. The molecule has 4 rings (SSSR count). The Labute approximate surface area is 174 Å². The predicted molar refractivity (Wildman–Crippen MR) is 110 cm³/mol. The second-order valence-electron chi connectivity index (χ2n) is 11.4. The van der Waals surface area contributed by atoms with Crippen LogP contribution in [0.4, 0.5) is 0 Å². The quantitative estimate of drug-likeness (QED) is 0.571. The van der Waals surface area contributed by atoms with Gasteiger partial charge in [0.15, 0.2) is 0 Å². The van der Waals surface area contributed by atoms with E-state index in [0.29, 0.717) is 30.1 Å². The number of aliphatic hydroxyl groups is 3. The first kappa shape index (κ1) is 21.6. The van der Waals surface area contributed by atoms with Crippen LogP contribution in [0.5, 0.6) is 0 Å². The summed E-state index contributed by atoms with van der Waals surface area (Å²) in [7, 11) is 0. The molecule has 0 aromatic rings. The van der Waals surface area contributed by atoms with Gasteiger partial charge in [0.1, 0.15) is 0 Å². The SMILES string of the molecule is C[C@H](CCC(=O)O)[C@@H]1CC[C@@H]2[C@H]3[C@H](O)C[C@@H]4C[C@H](O)CC[C@@]4(C)[C@H]3C[C@H](O)[C@@]21C. The monoisotopic (exact) mass is 408 g/mol. The lowest BCUT2D eigenvalue weighted by molar-refractivity contribution is -0.207. The molecule has 4 N–H and O–H groups in total. The molecule has 5 heteroatoms. The molecule has 0 bridgehead atoms. The molecule has 0 unspecified atom stereocenters. The first-order valence-corrected chi connectivity index (χ1v) is 11.8. The fourth-order valence-corrected chi connectivity index (χ4v) is 8.68. The highest BCUT2D eigenvalue weighted by atomic mass is 16.4. The molecule has 0 radical (unpaired) electrons. The van der Waals surface area contributed by atoms with Crippen LogP contribution < -0.4 is 0 Å². The van der Waals surface area contributed by atoms with Crippen LogP contribution >= 0.6 is 0 Å². The number of rotatable bonds is 4. The first-order chi connectivity index (χ1) is 13.6. The highest BCUT2D eigenvalue weighted by molar-refractivity contribution is 5.66. The zero-order valence-corrected chi connectivity index (χ0v) is 18.3. The fraction of sp³-hybridized carbons (Fsp3) is 0.958. The Morgan fingerprint density at radius 3 is 2.45 bits per heavy atom. The van der Waals surface area contributed by atoms with Gasteiger partial charge in [-0.3, -0.25) is 4.79 Å². The minimum atomic E-state index is -0.748. The molecule has 0 saturated heterocycles. The van der Waals surface area contributed by atoms with Crippen molar-refractivity contribution in [2.75, 3.05) is 0 Å². The van der Waals surface area contributed by atoms with Crippen molar-refractivity contribution in [2.24, 2.45) is 46.3 Å². The number of carboxylic acids is 1. The van der Waals surface area contributed by atoms with E-state index in [1.54, 1.807) is 0 Å². The first-order valence-electron chi connectivity index (χ1n) is 11.8. The van der Waals surface area contributed by atoms with Gasteiger partial charge in [0.25, 0.3) is 0 Å². The van der Waals surface area contributed by atoms with Gasteiger partial charge in [-0.1, -0.05) is 20.8 Å². The van der Waals surface area contributed by atoms with E-state index in [-0.39, 0.29) is 41.3 Å². The van der Waals surface area contributed by atoms with Gasteiger partial charge in [0.05, 0.1) is 18.3 Å². The van der Waals surface area contributed by atoms with Gasteiger partial charge in [-0.15, -0.1) is 0 Å². The smallest absolute Gasteiger partial charge is 0.303 e. The molecule has 29 heavy (non-hydrogen) atoms. The summed E-state index contributed by atoms with van der Waals surface area (Å²) in [4.78, 5) is 11.1. The average Bonchev–Trinajstić information content (AvgIpc) is 3.01. The van der Waals surface area contributed by atoms with E-state index in [1.807, 2.05) is 0 Å². The van der Waals surface area contributed by atoms with Crippen molar-refractivity contribution < 1.29 is 25.2 Å². The maximum absolute atomic E-state index is 11.5. The molecular formula is C24H40O5. The molecule has 5 nitrogen and oxygen atoms in total. The van der Waals surface area contributed by atoms with Gasteiger partial charge in [-0.2, -0.15) is 0 Å². The van der Waals surface area contributed by atoms with Crippen LogP contribution in [-0.2, 0) is 4.79 Å². The Bertz CT molecular complexity index is 637. The molecule has 11 atom stereocenters. The van der Waals surface area contributed by atoms with E-state index >= 15 is 0 Å². The van der Waals surface area contributed by atoms with E-state index in [0.717, 1.165) is 44.9 Å². The van der Waals surface area contributed by atoms with Gasteiger partial charge in [-0.25, -0.2) is 0 Å². The Morgan fingerprint density at radius 2 is 1.76 bits per heavy atom. The van der Waals surface area contributed by atoms with E-state index in [1.165, 1.54) is 0 Å². The summed E-state index contributed by atoms with van der Waals surface area (Å²) in [5, 5.41) is 42.0. The third-order valence-corrected chi connectivity index (χ3v) is 10.3. The Kier molecular flexibility index (Phi) is 5.57. The van der Waals surface area contributed by atoms with Crippen molar-refractivity contribution in [3.8, 4) is 0 Å². The molecule has 0 spiro atoms. The van der Waals surface area contributed by atoms with E-state index < -0.39 is 12.1 Å². The lowest BCUT2D eigenvalue weighted by Gasteiger charge is -2.63. The molecule has 0 aromatic carbocycles. The average molecular weight is 409 g/mol. The van der Waals surface area contributed by atoms with Crippen LogP contribution in [-0.4, -0.2) is 44.7 Å². The van der Waals surface area contributed by atoms with Crippen molar-refractivity contribution >= 4 is 5.97 Å². The zero-order chi connectivity index (χ0) is 21.1. The van der Waals surface area contributed by atoms with Gasteiger partial charge in [-0.05, 0) is 97.7 Å². The molecule has 166 valence electrons. The number of hydrogen-bond donors (Lipinski definition) is 4. The summed E-state index contributed by atoms with van der Waals surface area (Å²) in [5.41, 5.74) is -0.143. The summed E-state index contributed by atoms with van der Waals surface area (Å²) in [6.45, 7) is 6.72. The predicted octanol–water partition coefficient (Wildman–Crippen LogP) is 3.45. The largest absolute Gasteiger partial charge is 0.481 e. The second-order valence-corrected chi connectivity index (χ2v) is 11.4. The van der Waals surface area contributed by atoms with Gasteiger partial charge >= 0.3 is 5.97 Å². The van der Waals surface area contributed by atoms with Crippen molar-refractivity contribution in [1.29, 1.82) is 0 Å².